The minimum atomic E-state index is -1.94. The van der Waals surface area contributed by atoms with E-state index in [1.54, 1.807) is 43.3 Å². The minimum Gasteiger partial charge on any atom is -0.547 e. The number of rotatable bonds is 7. The van der Waals surface area contributed by atoms with Crippen LogP contribution < -0.4 is 72.1 Å². The topological polar surface area (TPSA) is 239 Å². The summed E-state index contributed by atoms with van der Waals surface area (Å²) in [7, 11) is 0. The van der Waals surface area contributed by atoms with Gasteiger partial charge >= 0.3 is 63.4 Å². The molecule has 0 radical (unpaired) electrons. The van der Waals surface area contributed by atoms with Gasteiger partial charge in [0.2, 0.25) is 6.29 Å². The van der Waals surface area contributed by atoms with Gasteiger partial charge in [0.15, 0.2) is 5.60 Å². The van der Waals surface area contributed by atoms with Gasteiger partial charge in [-0.25, -0.2) is 14.6 Å². The van der Waals surface area contributed by atoms with Crippen LogP contribution in [0, 0.1) is 0 Å². The number of esters is 1. The summed E-state index contributed by atoms with van der Waals surface area (Å²) < 4.78 is 22.6. The van der Waals surface area contributed by atoms with Crippen molar-refractivity contribution in [2.45, 2.75) is 69.4 Å². The number of aromatic nitrogens is 2. The number of carbonyl (C=O) groups is 3. The number of benzene rings is 2. The molecule has 3 aliphatic rings. The Morgan fingerprint density at radius 3 is 2.53 bits per heavy atom. The van der Waals surface area contributed by atoms with Gasteiger partial charge in [-0.3, -0.25) is 10.1 Å². The van der Waals surface area contributed by atoms with Crippen LogP contribution >= 0.6 is 0 Å². The van der Waals surface area contributed by atoms with E-state index in [0.29, 0.717) is 39.1 Å². The first-order valence-corrected chi connectivity index (χ1v) is 15.6. The van der Waals surface area contributed by atoms with Gasteiger partial charge in [-0.15, -0.1) is 0 Å². The van der Waals surface area contributed by atoms with Crippen LogP contribution in [0.15, 0.2) is 59.4 Å². The number of amides is 1. The number of cyclic esters (lactones) is 1. The van der Waals surface area contributed by atoms with Gasteiger partial charge in [0.05, 0.1) is 40.7 Å². The van der Waals surface area contributed by atoms with E-state index in [-0.39, 0.29) is 100.0 Å². The number of carboxylic acids is 1. The summed E-state index contributed by atoms with van der Waals surface area (Å²) in [6.45, 7) is 1.43. The van der Waals surface area contributed by atoms with E-state index in [2.05, 4.69) is 5.32 Å². The monoisotopic (exact) mass is 727 g/mol. The van der Waals surface area contributed by atoms with E-state index < -0.39 is 54.3 Å². The quantitative estimate of drug-likeness (QED) is 0.0819. The van der Waals surface area contributed by atoms with Gasteiger partial charge in [0.1, 0.15) is 43.4 Å². The van der Waals surface area contributed by atoms with E-state index in [1.807, 2.05) is 6.07 Å². The van der Waals surface area contributed by atoms with Crippen LogP contribution in [0.25, 0.3) is 22.3 Å². The molecule has 0 bridgehead atoms. The van der Waals surface area contributed by atoms with Crippen LogP contribution in [-0.2, 0) is 49.2 Å². The van der Waals surface area contributed by atoms with E-state index in [9.17, 15) is 44.7 Å². The van der Waals surface area contributed by atoms with Crippen molar-refractivity contribution in [3.63, 3.8) is 0 Å². The van der Waals surface area contributed by atoms with Gasteiger partial charge in [0.25, 0.3) is 5.56 Å². The van der Waals surface area contributed by atoms with E-state index in [4.69, 9.17) is 23.9 Å². The second kappa shape index (κ2) is 14.3. The molecular formula is C34H30KN3O13. The van der Waals surface area contributed by atoms with Crippen LogP contribution in [0.4, 0.5) is 10.5 Å². The van der Waals surface area contributed by atoms with Crippen LogP contribution in [0.1, 0.15) is 35.6 Å². The summed E-state index contributed by atoms with van der Waals surface area (Å²) in [6.07, 6.45) is -9.77. The SMILES string of the molecule is CC[C@@]1(O)C(=O)OCc2c1cc1n(c2=O)Cc2cc3c(NC(=O)OCc4ccc(OC5OC(C(=O)[O-])C(O)C(O)C5O)cc4)cccc3nc2-1.[K+]. The molecule has 51 heavy (non-hydrogen) atoms. The zero-order valence-corrected chi connectivity index (χ0v) is 30.4. The normalized spacial score (nSPS) is 24.7. The van der Waals surface area contributed by atoms with Crippen molar-refractivity contribution in [2.24, 2.45) is 0 Å². The molecule has 1 fully saturated rings. The number of anilines is 1. The molecule has 2 aromatic heterocycles. The van der Waals surface area contributed by atoms with E-state index in [1.165, 1.54) is 16.7 Å². The van der Waals surface area contributed by atoms with Gasteiger partial charge in [-0.2, -0.15) is 0 Å². The number of aliphatic hydroxyl groups is 4. The van der Waals surface area contributed by atoms with Crippen molar-refractivity contribution in [2.75, 3.05) is 5.32 Å². The third-order valence-corrected chi connectivity index (χ3v) is 9.14. The predicted octanol–water partition coefficient (Wildman–Crippen LogP) is -3.23. The number of fused-ring (bicyclic) bond motifs is 5. The van der Waals surface area contributed by atoms with Crippen LogP contribution in [0.5, 0.6) is 5.75 Å². The molecule has 0 aliphatic carbocycles. The number of hydrogen-bond acceptors (Lipinski definition) is 14. The smallest absolute Gasteiger partial charge is 0.547 e. The van der Waals surface area contributed by atoms with Crippen molar-refractivity contribution >= 4 is 34.6 Å². The van der Waals surface area contributed by atoms with Gasteiger partial charge in [-0.1, -0.05) is 25.1 Å². The Hall–Kier alpha value is -3.75. The van der Waals surface area contributed by atoms with E-state index in [0.717, 1.165) is 0 Å². The number of aliphatic carboxylic acids is 1. The number of nitrogens with one attached hydrogen (secondary N) is 1. The van der Waals surface area contributed by atoms with Gasteiger partial charge < -0.3 is 53.8 Å². The number of carboxylic acid groups (broad SMARTS) is 1. The third-order valence-electron chi connectivity index (χ3n) is 9.14. The van der Waals surface area contributed by atoms with Crippen molar-refractivity contribution in [1.82, 2.24) is 9.55 Å². The maximum absolute atomic E-state index is 13.5. The molecule has 0 saturated carbocycles. The average Bonchev–Trinajstić information content (AvgIpc) is 3.47. The van der Waals surface area contributed by atoms with E-state index >= 15 is 0 Å². The fraction of sp³-hybridized carbons (Fsp3) is 0.324. The van der Waals surface area contributed by atoms with Crippen molar-refractivity contribution < 1.29 is 110 Å². The molecule has 1 saturated heterocycles. The average molecular weight is 728 g/mol. The van der Waals surface area contributed by atoms with Crippen molar-refractivity contribution in [3.8, 4) is 17.1 Å². The Balaban J connectivity index is 0.00000448. The maximum Gasteiger partial charge on any atom is 1.00 e. The first kappa shape index (κ1) is 37.0. The predicted molar refractivity (Wildman–Crippen MR) is 167 cm³/mol. The second-order valence-corrected chi connectivity index (χ2v) is 12.2. The Kier molecular flexibility index (Phi) is 10.4. The third kappa shape index (κ3) is 6.59. The summed E-state index contributed by atoms with van der Waals surface area (Å²) in [4.78, 5) is 54.7. The Morgan fingerprint density at radius 1 is 1.08 bits per heavy atom. The van der Waals surface area contributed by atoms with Crippen LogP contribution in [0.2, 0.25) is 0 Å². The largest absolute Gasteiger partial charge is 1.00 e. The molecule has 1 amide bonds. The first-order chi connectivity index (χ1) is 23.9. The fourth-order valence-corrected chi connectivity index (χ4v) is 6.34. The van der Waals surface area contributed by atoms with Gasteiger partial charge in [0, 0.05) is 16.5 Å². The molecule has 5 unspecified atom stereocenters. The van der Waals surface area contributed by atoms with Crippen LogP contribution in [-0.4, -0.2) is 78.7 Å². The number of nitrogens with zero attached hydrogens (tertiary/aromatic N) is 2. The fourth-order valence-electron chi connectivity index (χ4n) is 6.34. The second-order valence-electron chi connectivity index (χ2n) is 12.2. The molecule has 3 aliphatic heterocycles. The molecular weight excluding hydrogens is 697 g/mol. The standard InChI is InChI=1S/C34H31N3O13.K/c1-2-34(46)20-11-23-24-16(12-37(23)29(41)19(20)14-47-32(34)44)10-18-21(35-24)4-3-5-22(18)36-33(45)48-13-15-6-8-17(9-7-15)49-31-27(40)25(38)26(39)28(50-31)30(42)43;/h3-11,25-28,31,38-40,46H,2,12-14H2,1H3,(H,36,45)(H,42,43);/q;+1/p-1/t25?,26?,27?,28?,31?,34-;/m0./s1. The molecule has 17 heteroatoms. The first-order valence-electron chi connectivity index (χ1n) is 15.6. The summed E-state index contributed by atoms with van der Waals surface area (Å²) in [6, 6.07) is 14.5. The summed E-state index contributed by atoms with van der Waals surface area (Å²) in [5.74, 6) is -2.46. The van der Waals surface area contributed by atoms with Crippen LogP contribution in [0.3, 0.4) is 0 Å². The zero-order chi connectivity index (χ0) is 35.5. The molecule has 7 rings (SSSR count). The number of carbonyl (C=O) groups excluding carboxylic acids is 3. The molecule has 4 aromatic rings. The Bertz CT molecular complexity index is 2110. The molecule has 260 valence electrons. The zero-order valence-electron chi connectivity index (χ0n) is 27.3. The number of hydrogen-bond donors (Lipinski definition) is 5. The summed E-state index contributed by atoms with van der Waals surface area (Å²) in [5.41, 5.74) is 1.24. The number of pyridine rings is 2. The minimum absolute atomic E-state index is 0. The molecule has 6 atom stereocenters. The number of aliphatic hydroxyl groups excluding tert-OH is 3. The maximum atomic E-state index is 13.5. The molecule has 2 aromatic carbocycles. The molecule has 0 spiro atoms. The molecule has 5 heterocycles. The molecule has 5 N–H and O–H groups in total. The summed E-state index contributed by atoms with van der Waals surface area (Å²) >= 11 is 0. The number of ether oxygens (including phenoxy) is 4. The van der Waals surface area contributed by atoms with Crippen molar-refractivity contribution in [1.29, 1.82) is 0 Å². The summed E-state index contributed by atoms with van der Waals surface area (Å²) in [5, 5.41) is 55.5. The molecule has 16 nitrogen and oxygen atoms in total. The Labute approximate surface area is 331 Å². The van der Waals surface area contributed by atoms with Crippen molar-refractivity contribution in [3.05, 3.63) is 87.2 Å². The Morgan fingerprint density at radius 2 is 1.82 bits per heavy atom. The van der Waals surface area contributed by atoms with Gasteiger partial charge in [-0.05, 0) is 48.4 Å².